The smallest absolute Gasteiger partial charge is 0.410 e. The molecule has 4 rings (SSSR count). The summed E-state index contributed by atoms with van der Waals surface area (Å²) in [6.07, 6.45) is 0.398. The number of likely N-dealkylation sites (tertiary alicyclic amines) is 1. The molecule has 1 N–H and O–H groups in total. The van der Waals surface area contributed by atoms with Gasteiger partial charge < -0.3 is 15.0 Å². The fourth-order valence-corrected chi connectivity index (χ4v) is 5.46. The highest BCUT2D eigenvalue weighted by molar-refractivity contribution is 9.11. The van der Waals surface area contributed by atoms with Gasteiger partial charge in [0.05, 0.1) is 0 Å². The van der Waals surface area contributed by atoms with E-state index in [9.17, 15) is 13.6 Å². The van der Waals surface area contributed by atoms with Crippen molar-refractivity contribution in [2.45, 2.75) is 49.7 Å². The lowest BCUT2D eigenvalue weighted by Crippen LogP contribution is -2.36. The molecule has 1 aliphatic heterocycles. The van der Waals surface area contributed by atoms with Crippen LogP contribution < -0.4 is 5.32 Å². The fourth-order valence-electron chi connectivity index (χ4n) is 3.31. The van der Waals surface area contributed by atoms with Gasteiger partial charge in [-0.2, -0.15) is 0 Å². The molecule has 3 heterocycles. The van der Waals surface area contributed by atoms with Gasteiger partial charge in [-0.05, 0) is 49.2 Å². The lowest BCUT2D eigenvalue weighted by atomic mass is 10.2. The molecule has 0 spiro atoms. The van der Waals surface area contributed by atoms with Crippen molar-refractivity contribution < 1.29 is 18.3 Å². The van der Waals surface area contributed by atoms with Gasteiger partial charge in [-0.25, -0.2) is 28.5 Å². The molecule has 33 heavy (non-hydrogen) atoms. The number of fused-ring (bicyclic) bond motifs is 1. The predicted molar refractivity (Wildman–Crippen MR) is 129 cm³/mol. The summed E-state index contributed by atoms with van der Waals surface area (Å²) in [5, 5.41) is 3.80. The molecule has 3 aromatic rings. The summed E-state index contributed by atoms with van der Waals surface area (Å²) in [4.78, 5) is 27.5. The number of nitrogens with one attached hydrogen (secondary N) is 1. The number of thioether (sulfide) groups is 1. The van der Waals surface area contributed by atoms with Crippen LogP contribution in [0.3, 0.4) is 0 Å². The van der Waals surface area contributed by atoms with Gasteiger partial charge in [0.25, 0.3) is 0 Å². The maximum Gasteiger partial charge on any atom is 0.410 e. The number of carbonyl (C=O) groups excluding carboxylic acids is 1. The number of rotatable bonds is 5. The molecule has 0 saturated carbocycles. The molecule has 7 nitrogen and oxygen atoms in total. The Bertz CT molecular complexity index is 1190. The van der Waals surface area contributed by atoms with Gasteiger partial charge >= 0.3 is 6.09 Å². The minimum atomic E-state index is -0.883. The number of thiazole rings is 1. The van der Waals surface area contributed by atoms with Crippen LogP contribution in [-0.2, 0) is 10.5 Å². The van der Waals surface area contributed by atoms with Gasteiger partial charge in [0.1, 0.15) is 10.3 Å². The fraction of sp³-hybridized carbons (Fsp3) is 0.429. The van der Waals surface area contributed by atoms with Crippen LogP contribution in [0.5, 0.6) is 0 Å². The Labute approximate surface area is 206 Å². The highest BCUT2D eigenvalue weighted by Gasteiger charge is 2.30. The Morgan fingerprint density at radius 3 is 2.88 bits per heavy atom. The van der Waals surface area contributed by atoms with E-state index in [-0.39, 0.29) is 23.5 Å². The Morgan fingerprint density at radius 1 is 1.33 bits per heavy atom. The SMILES string of the molecule is CC(C)(C)OC(=O)N1CCC(Nc2nc(SCc3cccc(F)c3F)nc3nc(Br)sc23)C1. The van der Waals surface area contributed by atoms with Crippen LogP contribution >= 0.6 is 39.0 Å². The van der Waals surface area contributed by atoms with Crippen molar-refractivity contribution in [3.8, 4) is 0 Å². The number of carbonyl (C=O) groups is 1. The number of benzene rings is 1. The quantitative estimate of drug-likeness (QED) is 0.311. The summed E-state index contributed by atoms with van der Waals surface area (Å²) in [6.45, 7) is 6.58. The lowest BCUT2D eigenvalue weighted by molar-refractivity contribution is 0.0293. The van der Waals surface area contributed by atoms with E-state index >= 15 is 0 Å². The second kappa shape index (κ2) is 9.67. The monoisotopic (exact) mass is 557 g/mol. The number of aromatic nitrogens is 3. The summed E-state index contributed by atoms with van der Waals surface area (Å²) in [5.41, 5.74) is 0.193. The largest absolute Gasteiger partial charge is 0.444 e. The highest BCUT2D eigenvalue weighted by atomic mass is 79.9. The van der Waals surface area contributed by atoms with Gasteiger partial charge in [0.2, 0.25) is 0 Å². The van der Waals surface area contributed by atoms with E-state index in [1.807, 2.05) is 20.8 Å². The summed E-state index contributed by atoms with van der Waals surface area (Å²) < 4.78 is 34.4. The molecule has 0 aliphatic carbocycles. The van der Waals surface area contributed by atoms with Gasteiger partial charge in [-0.15, -0.1) is 11.3 Å². The summed E-state index contributed by atoms with van der Waals surface area (Å²) >= 11 is 5.99. The molecule has 176 valence electrons. The first-order chi connectivity index (χ1) is 15.6. The third-order valence-electron chi connectivity index (χ3n) is 4.78. The van der Waals surface area contributed by atoms with E-state index in [1.54, 1.807) is 4.90 Å². The number of hydrogen-bond acceptors (Lipinski definition) is 8. The minimum Gasteiger partial charge on any atom is -0.444 e. The first kappa shape index (κ1) is 24.1. The Morgan fingerprint density at radius 2 is 2.12 bits per heavy atom. The van der Waals surface area contributed by atoms with Crippen LogP contribution in [0.2, 0.25) is 0 Å². The minimum absolute atomic E-state index is 0.0185. The van der Waals surface area contributed by atoms with Crippen molar-refractivity contribution in [2.24, 2.45) is 0 Å². The van der Waals surface area contributed by atoms with Crippen molar-refractivity contribution in [2.75, 3.05) is 18.4 Å². The standard InChI is InChI=1S/C21H22BrF2N5O2S2/c1-21(2,3)31-20(30)29-8-7-12(9-29)25-16-15-17(26-18(22)33-15)28-19(27-16)32-10-11-5-4-6-13(23)14(11)24/h4-6,12H,7-10H2,1-3H3,(H,25,27,28). The maximum atomic E-state index is 14.0. The van der Waals surface area contributed by atoms with Crippen LogP contribution in [0.15, 0.2) is 27.3 Å². The second-order valence-electron chi connectivity index (χ2n) is 8.53. The molecule has 1 aliphatic rings. The molecule has 1 aromatic carbocycles. The van der Waals surface area contributed by atoms with E-state index in [0.717, 1.165) is 17.2 Å². The van der Waals surface area contributed by atoms with E-state index in [0.29, 0.717) is 33.6 Å². The molecular weight excluding hydrogens is 536 g/mol. The molecule has 0 radical (unpaired) electrons. The van der Waals surface area contributed by atoms with Gasteiger partial charge in [0.15, 0.2) is 32.2 Å². The second-order valence-corrected chi connectivity index (χ2v) is 11.7. The highest BCUT2D eigenvalue weighted by Crippen LogP contribution is 2.34. The number of hydrogen-bond donors (Lipinski definition) is 1. The first-order valence-electron chi connectivity index (χ1n) is 10.2. The molecule has 1 saturated heterocycles. The number of ether oxygens (including phenoxy) is 1. The van der Waals surface area contributed by atoms with Crippen molar-refractivity contribution in [1.29, 1.82) is 0 Å². The maximum absolute atomic E-state index is 14.0. The molecule has 1 atom stereocenters. The van der Waals surface area contributed by atoms with Crippen LogP contribution in [0.1, 0.15) is 32.8 Å². The Kier molecular flexibility index (Phi) is 7.06. The van der Waals surface area contributed by atoms with Crippen molar-refractivity contribution in [1.82, 2.24) is 19.9 Å². The average molecular weight is 558 g/mol. The van der Waals surface area contributed by atoms with Crippen LogP contribution in [-0.4, -0.2) is 50.7 Å². The van der Waals surface area contributed by atoms with E-state index in [4.69, 9.17) is 4.74 Å². The van der Waals surface area contributed by atoms with Crippen molar-refractivity contribution in [3.05, 3.63) is 39.3 Å². The molecule has 12 heteroatoms. The summed E-state index contributed by atoms with van der Waals surface area (Å²) in [6, 6.07) is 4.07. The Hall–Kier alpha value is -2.05. The van der Waals surface area contributed by atoms with Crippen molar-refractivity contribution >= 4 is 61.3 Å². The van der Waals surface area contributed by atoms with Crippen LogP contribution in [0, 0.1) is 11.6 Å². The van der Waals surface area contributed by atoms with E-state index in [2.05, 4.69) is 36.2 Å². The van der Waals surface area contributed by atoms with Gasteiger partial charge in [-0.3, -0.25) is 0 Å². The van der Waals surface area contributed by atoms with Crippen molar-refractivity contribution in [3.63, 3.8) is 0 Å². The number of amides is 1. The van der Waals surface area contributed by atoms with E-state index < -0.39 is 17.2 Å². The van der Waals surface area contributed by atoms with Gasteiger partial charge in [-0.1, -0.05) is 23.9 Å². The van der Waals surface area contributed by atoms with Gasteiger partial charge in [0, 0.05) is 30.4 Å². The zero-order valence-electron chi connectivity index (χ0n) is 18.2. The van der Waals surface area contributed by atoms with Crippen LogP contribution in [0.25, 0.3) is 10.3 Å². The molecule has 1 amide bonds. The Balaban J connectivity index is 1.50. The lowest BCUT2D eigenvalue weighted by Gasteiger charge is -2.24. The molecule has 1 fully saturated rings. The molecule has 1 unspecified atom stereocenters. The number of halogens is 3. The number of nitrogens with zero attached hydrogens (tertiary/aromatic N) is 4. The molecule has 2 aromatic heterocycles. The first-order valence-corrected chi connectivity index (χ1v) is 12.8. The van der Waals surface area contributed by atoms with Crippen LogP contribution in [0.4, 0.5) is 19.4 Å². The third kappa shape index (κ3) is 5.90. The zero-order valence-corrected chi connectivity index (χ0v) is 21.4. The number of anilines is 1. The normalized spacial score (nSPS) is 16.4. The van der Waals surface area contributed by atoms with E-state index in [1.165, 1.54) is 35.2 Å². The average Bonchev–Trinajstić information content (AvgIpc) is 3.34. The predicted octanol–water partition coefficient (Wildman–Crippen LogP) is 5.84. The molecule has 0 bridgehead atoms. The molecular formula is C21H22BrF2N5O2S2. The third-order valence-corrected chi connectivity index (χ3v) is 7.18. The zero-order chi connectivity index (χ0) is 23.8. The summed E-state index contributed by atoms with van der Waals surface area (Å²) in [5.74, 6) is -0.975. The topological polar surface area (TPSA) is 80.2 Å². The summed E-state index contributed by atoms with van der Waals surface area (Å²) in [7, 11) is 0.